The van der Waals surface area contributed by atoms with Gasteiger partial charge < -0.3 is 4.42 Å². The van der Waals surface area contributed by atoms with Gasteiger partial charge in [0.2, 0.25) is 5.82 Å². The van der Waals surface area contributed by atoms with Crippen LogP contribution in [0, 0.1) is 13.8 Å². The smallest absolute Gasteiger partial charge is 0.416 e. The highest BCUT2D eigenvalue weighted by atomic mass is 19.4. The maximum Gasteiger partial charge on any atom is 0.416 e. The molecule has 0 aliphatic heterocycles. The average Bonchev–Trinajstić information content (AvgIpc) is 3.11. The first-order valence-corrected chi connectivity index (χ1v) is 8.70. The van der Waals surface area contributed by atoms with Crippen molar-refractivity contribution in [3.8, 4) is 11.4 Å². The largest absolute Gasteiger partial charge is 0.423 e. The SMILES string of the molecule is Cc1cc2oc(=O)cc(Cn3nnc(-c4cccc(C(F)(F)F)c4)n3)c2cc1C. The molecule has 6 nitrogen and oxygen atoms in total. The topological polar surface area (TPSA) is 73.8 Å². The van der Waals surface area contributed by atoms with Gasteiger partial charge in [-0.3, -0.25) is 0 Å². The Morgan fingerprint density at radius 1 is 1.07 bits per heavy atom. The van der Waals surface area contributed by atoms with Gasteiger partial charge in [-0.15, -0.1) is 10.2 Å². The van der Waals surface area contributed by atoms with E-state index >= 15 is 0 Å². The Hall–Kier alpha value is -3.49. The average molecular weight is 400 g/mol. The van der Waals surface area contributed by atoms with E-state index in [9.17, 15) is 18.0 Å². The zero-order chi connectivity index (χ0) is 20.8. The van der Waals surface area contributed by atoms with Gasteiger partial charge in [0.05, 0.1) is 12.1 Å². The molecule has 0 bridgehead atoms. The first-order chi connectivity index (χ1) is 13.7. The van der Waals surface area contributed by atoms with Crippen LogP contribution in [0.5, 0.6) is 0 Å². The second kappa shape index (κ2) is 6.84. The van der Waals surface area contributed by atoms with Gasteiger partial charge in [0.15, 0.2) is 0 Å². The van der Waals surface area contributed by atoms with Crippen molar-refractivity contribution in [1.29, 1.82) is 0 Å². The normalized spacial score (nSPS) is 11.9. The number of hydrogen-bond donors (Lipinski definition) is 0. The summed E-state index contributed by atoms with van der Waals surface area (Å²) in [4.78, 5) is 13.1. The van der Waals surface area contributed by atoms with Crippen LogP contribution >= 0.6 is 0 Å². The number of nitrogens with zero attached hydrogens (tertiary/aromatic N) is 4. The Labute approximate surface area is 162 Å². The lowest BCUT2D eigenvalue weighted by Gasteiger charge is -2.07. The molecule has 0 amide bonds. The van der Waals surface area contributed by atoms with Gasteiger partial charge in [0.1, 0.15) is 5.58 Å². The number of benzene rings is 2. The maximum atomic E-state index is 12.9. The summed E-state index contributed by atoms with van der Waals surface area (Å²) in [7, 11) is 0. The van der Waals surface area contributed by atoms with Gasteiger partial charge in [-0.2, -0.15) is 18.0 Å². The minimum absolute atomic E-state index is 0.0652. The molecule has 0 fully saturated rings. The number of hydrogen-bond acceptors (Lipinski definition) is 5. The fourth-order valence-corrected chi connectivity index (χ4v) is 3.03. The van der Waals surface area contributed by atoms with Gasteiger partial charge >= 0.3 is 11.8 Å². The molecule has 2 aromatic heterocycles. The van der Waals surface area contributed by atoms with Crippen molar-refractivity contribution in [2.24, 2.45) is 0 Å². The molecule has 9 heteroatoms. The Balaban J connectivity index is 1.70. The summed E-state index contributed by atoms with van der Waals surface area (Å²) in [6.07, 6.45) is -4.46. The molecule has 0 aliphatic rings. The molecular weight excluding hydrogens is 385 g/mol. The van der Waals surface area contributed by atoms with Crippen LogP contribution in [-0.2, 0) is 12.7 Å². The number of fused-ring (bicyclic) bond motifs is 1. The zero-order valence-corrected chi connectivity index (χ0v) is 15.5. The van der Waals surface area contributed by atoms with Crippen molar-refractivity contribution in [3.63, 3.8) is 0 Å². The second-order valence-corrected chi connectivity index (χ2v) is 6.75. The third kappa shape index (κ3) is 3.75. The van der Waals surface area contributed by atoms with Crippen LogP contribution in [0.15, 0.2) is 51.7 Å². The number of aryl methyl sites for hydroxylation is 2. The van der Waals surface area contributed by atoms with Crippen molar-refractivity contribution in [2.75, 3.05) is 0 Å². The monoisotopic (exact) mass is 400 g/mol. The molecule has 2 aromatic carbocycles. The summed E-state index contributed by atoms with van der Waals surface area (Å²) >= 11 is 0. The van der Waals surface area contributed by atoms with Crippen LogP contribution in [0.1, 0.15) is 22.3 Å². The number of aromatic nitrogens is 4. The summed E-state index contributed by atoms with van der Waals surface area (Å²) in [5.41, 5.74) is 2.02. The molecular formula is C20H15F3N4O2. The van der Waals surface area contributed by atoms with E-state index in [0.717, 1.165) is 28.6 Å². The molecule has 2 heterocycles. The highest BCUT2D eigenvalue weighted by Gasteiger charge is 2.30. The quantitative estimate of drug-likeness (QED) is 0.484. The summed E-state index contributed by atoms with van der Waals surface area (Å²) in [6.45, 7) is 3.99. The molecule has 148 valence electrons. The predicted molar refractivity (Wildman–Crippen MR) is 99.3 cm³/mol. The van der Waals surface area contributed by atoms with Gasteiger partial charge in [0.25, 0.3) is 0 Å². The Morgan fingerprint density at radius 3 is 2.59 bits per heavy atom. The Kier molecular flexibility index (Phi) is 4.45. The van der Waals surface area contributed by atoms with Crippen LogP contribution in [0.4, 0.5) is 13.2 Å². The highest BCUT2D eigenvalue weighted by molar-refractivity contribution is 5.81. The highest BCUT2D eigenvalue weighted by Crippen LogP contribution is 2.31. The van der Waals surface area contributed by atoms with E-state index in [1.807, 2.05) is 19.9 Å². The number of rotatable bonds is 3. The van der Waals surface area contributed by atoms with Gasteiger partial charge in [-0.1, -0.05) is 12.1 Å². The second-order valence-electron chi connectivity index (χ2n) is 6.75. The van der Waals surface area contributed by atoms with Gasteiger partial charge in [-0.05, 0) is 60.0 Å². The molecule has 0 aliphatic carbocycles. The first-order valence-electron chi connectivity index (χ1n) is 8.70. The van der Waals surface area contributed by atoms with E-state index in [-0.39, 0.29) is 17.9 Å². The molecule has 4 aromatic rings. The fraction of sp³-hybridized carbons (Fsp3) is 0.200. The van der Waals surface area contributed by atoms with Crippen LogP contribution < -0.4 is 5.63 Å². The van der Waals surface area contributed by atoms with Crippen LogP contribution in [-0.4, -0.2) is 20.2 Å². The molecule has 0 saturated carbocycles. The zero-order valence-electron chi connectivity index (χ0n) is 15.5. The molecule has 4 rings (SSSR count). The van der Waals surface area contributed by atoms with E-state index in [4.69, 9.17) is 4.42 Å². The standard InChI is InChI=1S/C20H15F3N4O2/c1-11-6-16-14(9-18(28)29-17(16)7-12(11)2)10-27-25-19(24-26-27)13-4-3-5-15(8-13)20(21,22)23/h3-9H,10H2,1-2H3. The van der Waals surface area contributed by atoms with E-state index in [1.54, 1.807) is 6.07 Å². The molecule has 0 saturated heterocycles. The first kappa shape index (κ1) is 18.9. The molecule has 0 radical (unpaired) electrons. The van der Waals surface area contributed by atoms with E-state index in [2.05, 4.69) is 15.4 Å². The van der Waals surface area contributed by atoms with Crippen molar-refractivity contribution in [2.45, 2.75) is 26.6 Å². The third-order valence-electron chi connectivity index (χ3n) is 4.66. The number of alkyl halides is 3. The Morgan fingerprint density at radius 2 is 1.83 bits per heavy atom. The molecule has 0 N–H and O–H groups in total. The van der Waals surface area contributed by atoms with Crippen LogP contribution in [0.25, 0.3) is 22.4 Å². The predicted octanol–water partition coefficient (Wildman–Crippen LogP) is 4.13. The van der Waals surface area contributed by atoms with Gasteiger partial charge in [0, 0.05) is 17.0 Å². The van der Waals surface area contributed by atoms with E-state index < -0.39 is 17.4 Å². The van der Waals surface area contributed by atoms with Crippen molar-refractivity contribution >= 4 is 11.0 Å². The molecule has 0 unspecified atom stereocenters. The minimum Gasteiger partial charge on any atom is -0.423 e. The van der Waals surface area contributed by atoms with Crippen molar-refractivity contribution in [1.82, 2.24) is 20.2 Å². The lowest BCUT2D eigenvalue weighted by Crippen LogP contribution is -2.09. The molecule has 0 atom stereocenters. The molecule has 29 heavy (non-hydrogen) atoms. The maximum absolute atomic E-state index is 12.9. The fourth-order valence-electron chi connectivity index (χ4n) is 3.03. The lowest BCUT2D eigenvalue weighted by atomic mass is 10.0. The minimum atomic E-state index is -4.46. The van der Waals surface area contributed by atoms with Gasteiger partial charge in [-0.25, -0.2) is 4.79 Å². The van der Waals surface area contributed by atoms with E-state index in [0.29, 0.717) is 11.1 Å². The summed E-state index contributed by atoms with van der Waals surface area (Å²) in [6, 6.07) is 9.78. The third-order valence-corrected chi connectivity index (χ3v) is 4.66. The van der Waals surface area contributed by atoms with Crippen molar-refractivity contribution in [3.05, 3.63) is 75.1 Å². The number of tetrazole rings is 1. The lowest BCUT2D eigenvalue weighted by molar-refractivity contribution is -0.137. The summed E-state index contributed by atoms with van der Waals surface area (Å²) in [5.74, 6) is 0.0652. The number of halogens is 3. The summed E-state index contributed by atoms with van der Waals surface area (Å²) in [5, 5.41) is 12.7. The van der Waals surface area contributed by atoms with Crippen LogP contribution in [0.3, 0.4) is 0 Å². The molecule has 0 spiro atoms. The summed E-state index contributed by atoms with van der Waals surface area (Å²) < 4.78 is 44.0. The Bertz CT molecular complexity index is 1270. The van der Waals surface area contributed by atoms with Crippen LogP contribution in [0.2, 0.25) is 0 Å². The van der Waals surface area contributed by atoms with E-state index in [1.165, 1.54) is 23.0 Å². The van der Waals surface area contributed by atoms with Crippen molar-refractivity contribution < 1.29 is 17.6 Å².